The molecule has 1 aromatic heterocycles. The number of furan rings is 1. The smallest absolute Gasteiger partial charge is 0.227 e. The highest BCUT2D eigenvalue weighted by molar-refractivity contribution is 5.81. The molecule has 0 radical (unpaired) electrons. The number of hydrogen-bond acceptors (Lipinski definition) is 3. The fraction of sp³-hybridized carbons (Fsp3) is 0.500. The molecular weight excluding hydrogens is 276 g/mol. The minimum Gasteiger partial charge on any atom is -0.459 e. The second kappa shape index (κ2) is 6.53. The Labute approximate surface area is 131 Å². The number of carbonyl (C=O) groups excluding carboxylic acids is 1. The third-order valence-electron chi connectivity index (χ3n) is 4.48. The highest BCUT2D eigenvalue weighted by atomic mass is 16.3. The van der Waals surface area contributed by atoms with Gasteiger partial charge in [-0.2, -0.15) is 0 Å². The van der Waals surface area contributed by atoms with E-state index in [-0.39, 0.29) is 17.9 Å². The van der Waals surface area contributed by atoms with Gasteiger partial charge in [0, 0.05) is 18.5 Å². The van der Waals surface area contributed by atoms with E-state index in [1.54, 1.807) is 0 Å². The Morgan fingerprint density at radius 3 is 2.95 bits per heavy atom. The van der Waals surface area contributed by atoms with E-state index < -0.39 is 0 Å². The number of rotatable bonds is 5. The molecule has 1 aliphatic heterocycles. The molecule has 22 heavy (non-hydrogen) atoms. The van der Waals surface area contributed by atoms with E-state index in [9.17, 15) is 4.79 Å². The summed E-state index contributed by atoms with van der Waals surface area (Å²) in [5.74, 6) is 1.23. The Morgan fingerprint density at radius 1 is 1.45 bits per heavy atom. The van der Waals surface area contributed by atoms with Gasteiger partial charge in [0.15, 0.2) is 0 Å². The van der Waals surface area contributed by atoms with Crippen molar-refractivity contribution in [2.75, 3.05) is 19.6 Å². The van der Waals surface area contributed by atoms with E-state index in [1.807, 2.05) is 29.2 Å². The van der Waals surface area contributed by atoms with E-state index >= 15 is 0 Å². The molecule has 4 heteroatoms. The van der Waals surface area contributed by atoms with Crippen LogP contribution < -0.4 is 5.32 Å². The standard InChI is InChI=1S/C18H24N2O2/c1-3-10-20(18(21)15-8-9-19-12-15)13(2)17-11-14-6-4-5-7-16(14)22-17/h4-7,11,13,15,19H,3,8-10,12H2,1-2H3. The van der Waals surface area contributed by atoms with Crippen molar-refractivity contribution in [1.82, 2.24) is 10.2 Å². The van der Waals surface area contributed by atoms with Crippen LogP contribution in [0.25, 0.3) is 11.0 Å². The van der Waals surface area contributed by atoms with Gasteiger partial charge in [0.2, 0.25) is 5.91 Å². The first-order valence-corrected chi connectivity index (χ1v) is 8.20. The van der Waals surface area contributed by atoms with Crippen LogP contribution in [-0.4, -0.2) is 30.4 Å². The molecule has 3 rings (SSSR count). The first-order valence-electron chi connectivity index (χ1n) is 8.20. The van der Waals surface area contributed by atoms with Crippen molar-refractivity contribution < 1.29 is 9.21 Å². The Balaban J connectivity index is 1.84. The molecule has 2 aromatic rings. The van der Waals surface area contributed by atoms with Crippen LogP contribution in [0.1, 0.15) is 38.5 Å². The zero-order chi connectivity index (χ0) is 15.5. The van der Waals surface area contributed by atoms with Crippen LogP contribution >= 0.6 is 0 Å². The predicted molar refractivity (Wildman–Crippen MR) is 87.6 cm³/mol. The Hall–Kier alpha value is -1.81. The van der Waals surface area contributed by atoms with Gasteiger partial charge >= 0.3 is 0 Å². The van der Waals surface area contributed by atoms with Gasteiger partial charge in [-0.1, -0.05) is 25.1 Å². The van der Waals surface area contributed by atoms with E-state index in [2.05, 4.69) is 25.2 Å². The molecule has 2 atom stereocenters. The maximum absolute atomic E-state index is 12.8. The largest absolute Gasteiger partial charge is 0.459 e. The van der Waals surface area contributed by atoms with E-state index in [0.29, 0.717) is 0 Å². The van der Waals surface area contributed by atoms with Gasteiger partial charge < -0.3 is 14.6 Å². The maximum atomic E-state index is 12.8. The molecule has 2 unspecified atom stereocenters. The zero-order valence-electron chi connectivity index (χ0n) is 13.3. The summed E-state index contributed by atoms with van der Waals surface area (Å²) in [6.07, 6.45) is 1.89. The van der Waals surface area contributed by atoms with Crippen molar-refractivity contribution in [3.8, 4) is 0 Å². The third-order valence-corrected chi connectivity index (χ3v) is 4.48. The Kier molecular flexibility index (Phi) is 4.48. The fourth-order valence-electron chi connectivity index (χ4n) is 3.20. The molecule has 1 amide bonds. The number of fused-ring (bicyclic) bond motifs is 1. The van der Waals surface area contributed by atoms with Crippen LogP contribution in [0.4, 0.5) is 0 Å². The van der Waals surface area contributed by atoms with Crippen molar-refractivity contribution >= 4 is 16.9 Å². The fourth-order valence-corrected chi connectivity index (χ4v) is 3.20. The predicted octanol–water partition coefficient (Wildman–Crippen LogP) is 3.34. The van der Waals surface area contributed by atoms with Gasteiger partial charge in [-0.15, -0.1) is 0 Å². The number of benzene rings is 1. The summed E-state index contributed by atoms with van der Waals surface area (Å²) in [6, 6.07) is 10.0. The molecule has 118 valence electrons. The first kappa shape index (κ1) is 15.1. The van der Waals surface area contributed by atoms with Crippen LogP contribution in [0.15, 0.2) is 34.7 Å². The quantitative estimate of drug-likeness (QED) is 0.921. The van der Waals surface area contributed by atoms with Gasteiger partial charge in [0.25, 0.3) is 0 Å². The minimum atomic E-state index is -0.0274. The summed E-state index contributed by atoms with van der Waals surface area (Å²) in [5, 5.41) is 4.37. The maximum Gasteiger partial charge on any atom is 0.227 e. The number of para-hydroxylation sites is 1. The van der Waals surface area contributed by atoms with Crippen LogP contribution in [0, 0.1) is 5.92 Å². The molecule has 0 saturated carbocycles. The minimum absolute atomic E-state index is 0.0274. The number of nitrogens with one attached hydrogen (secondary N) is 1. The van der Waals surface area contributed by atoms with Crippen molar-refractivity contribution in [3.63, 3.8) is 0 Å². The van der Waals surface area contributed by atoms with Crippen LogP contribution in [0.3, 0.4) is 0 Å². The van der Waals surface area contributed by atoms with Crippen LogP contribution in [0.2, 0.25) is 0 Å². The molecule has 1 N–H and O–H groups in total. The zero-order valence-corrected chi connectivity index (χ0v) is 13.3. The molecule has 1 aliphatic rings. The van der Waals surface area contributed by atoms with E-state index in [0.717, 1.165) is 49.2 Å². The van der Waals surface area contributed by atoms with Gasteiger partial charge in [-0.05, 0) is 38.4 Å². The molecular formula is C18H24N2O2. The van der Waals surface area contributed by atoms with Crippen LogP contribution in [-0.2, 0) is 4.79 Å². The van der Waals surface area contributed by atoms with Gasteiger partial charge in [0.1, 0.15) is 11.3 Å². The molecule has 4 nitrogen and oxygen atoms in total. The lowest BCUT2D eigenvalue weighted by Crippen LogP contribution is -2.39. The summed E-state index contributed by atoms with van der Waals surface area (Å²) in [7, 11) is 0. The lowest BCUT2D eigenvalue weighted by molar-refractivity contribution is -0.137. The van der Waals surface area contributed by atoms with Gasteiger partial charge in [-0.3, -0.25) is 4.79 Å². The van der Waals surface area contributed by atoms with Crippen molar-refractivity contribution in [2.24, 2.45) is 5.92 Å². The summed E-state index contributed by atoms with van der Waals surface area (Å²) in [4.78, 5) is 14.8. The molecule has 0 aliphatic carbocycles. The van der Waals surface area contributed by atoms with Crippen molar-refractivity contribution in [2.45, 2.75) is 32.7 Å². The lowest BCUT2D eigenvalue weighted by Gasteiger charge is -2.30. The van der Waals surface area contributed by atoms with E-state index in [1.165, 1.54) is 0 Å². The second-order valence-electron chi connectivity index (χ2n) is 6.08. The molecule has 0 spiro atoms. The highest BCUT2D eigenvalue weighted by Crippen LogP contribution is 2.29. The van der Waals surface area contributed by atoms with Crippen LogP contribution in [0.5, 0.6) is 0 Å². The first-order chi connectivity index (χ1) is 10.7. The number of nitrogens with zero attached hydrogens (tertiary/aromatic N) is 1. The molecule has 1 aromatic carbocycles. The summed E-state index contributed by atoms with van der Waals surface area (Å²) in [6.45, 7) is 6.68. The SMILES string of the molecule is CCCN(C(=O)C1CCNC1)C(C)c1cc2ccccc2o1. The molecule has 2 heterocycles. The highest BCUT2D eigenvalue weighted by Gasteiger charge is 2.31. The molecule has 1 fully saturated rings. The number of hydrogen-bond donors (Lipinski definition) is 1. The summed E-state index contributed by atoms with van der Waals surface area (Å²) in [5.41, 5.74) is 0.885. The summed E-state index contributed by atoms with van der Waals surface area (Å²) < 4.78 is 5.96. The van der Waals surface area contributed by atoms with Gasteiger partial charge in [0.05, 0.1) is 12.0 Å². The number of amides is 1. The normalized spacial score (nSPS) is 19.5. The molecule has 1 saturated heterocycles. The molecule has 0 bridgehead atoms. The second-order valence-corrected chi connectivity index (χ2v) is 6.08. The summed E-state index contributed by atoms with van der Waals surface area (Å²) >= 11 is 0. The topological polar surface area (TPSA) is 45.5 Å². The Bertz CT molecular complexity index is 610. The Morgan fingerprint density at radius 2 is 2.27 bits per heavy atom. The number of carbonyl (C=O) groups is 1. The van der Waals surface area contributed by atoms with Gasteiger partial charge in [-0.25, -0.2) is 0 Å². The average molecular weight is 300 g/mol. The average Bonchev–Trinajstić information content (AvgIpc) is 3.19. The van der Waals surface area contributed by atoms with E-state index in [4.69, 9.17) is 4.42 Å². The lowest BCUT2D eigenvalue weighted by atomic mass is 10.1. The third kappa shape index (κ3) is 2.88. The van der Waals surface area contributed by atoms with Crippen molar-refractivity contribution in [3.05, 3.63) is 36.1 Å². The monoisotopic (exact) mass is 300 g/mol. The van der Waals surface area contributed by atoms with Crippen molar-refractivity contribution in [1.29, 1.82) is 0 Å².